The first kappa shape index (κ1) is 14.8. The van der Waals surface area contributed by atoms with E-state index in [-0.39, 0.29) is 12.3 Å². The van der Waals surface area contributed by atoms with E-state index in [1.54, 1.807) is 0 Å². The number of nitrogens with two attached hydrogens (primary N) is 1. The molecule has 3 N–H and O–H groups in total. The van der Waals surface area contributed by atoms with E-state index in [4.69, 9.17) is 10.5 Å². The molecule has 0 amide bonds. The van der Waals surface area contributed by atoms with Gasteiger partial charge in [0.05, 0.1) is 12.4 Å². The lowest BCUT2D eigenvalue weighted by Crippen LogP contribution is -2.27. The monoisotopic (exact) mass is 348 g/mol. The molecule has 0 aromatic heterocycles. The first-order valence-electron chi connectivity index (χ1n) is 6.13. The van der Waals surface area contributed by atoms with Crippen LogP contribution in [0.25, 0.3) is 0 Å². The average Bonchev–Trinajstić information content (AvgIpc) is 2.81. The molecule has 2 rings (SSSR count). The molecule has 1 aromatic rings. The van der Waals surface area contributed by atoms with E-state index in [1.807, 2.05) is 12.1 Å². The van der Waals surface area contributed by atoms with Crippen molar-refractivity contribution in [3.05, 3.63) is 27.7 Å². The zero-order valence-corrected chi connectivity index (χ0v) is 12.9. The van der Waals surface area contributed by atoms with Gasteiger partial charge in [-0.25, -0.2) is 13.1 Å². The second-order valence-corrected chi connectivity index (χ2v) is 7.28. The van der Waals surface area contributed by atoms with Crippen molar-refractivity contribution in [3.8, 4) is 5.75 Å². The van der Waals surface area contributed by atoms with E-state index < -0.39 is 10.0 Å². The lowest BCUT2D eigenvalue weighted by molar-refractivity contribution is 0.353. The molecule has 1 aromatic carbocycles. The van der Waals surface area contributed by atoms with Crippen LogP contribution >= 0.6 is 15.9 Å². The number of fused-ring (bicyclic) bond motifs is 1. The number of ether oxygens (including phenoxy) is 1. The SMILES string of the molecule is NCCCS(=O)(=O)NCc1cc(Br)cc2c1OCC2. The molecule has 0 saturated heterocycles. The van der Waals surface area contributed by atoms with Crippen LogP contribution in [0.5, 0.6) is 5.75 Å². The molecule has 7 heteroatoms. The second kappa shape index (κ2) is 6.21. The van der Waals surface area contributed by atoms with Gasteiger partial charge in [0, 0.05) is 23.0 Å². The number of sulfonamides is 1. The quantitative estimate of drug-likeness (QED) is 0.807. The third kappa shape index (κ3) is 3.92. The molecule has 5 nitrogen and oxygen atoms in total. The fourth-order valence-electron chi connectivity index (χ4n) is 2.01. The van der Waals surface area contributed by atoms with Crippen LogP contribution in [0.2, 0.25) is 0 Å². The standard InChI is InChI=1S/C12H17BrN2O3S/c13-11-6-9-2-4-18-12(9)10(7-11)8-15-19(16,17)5-1-3-14/h6-7,15H,1-5,8,14H2. The molecule has 0 saturated carbocycles. The highest BCUT2D eigenvalue weighted by atomic mass is 79.9. The Morgan fingerprint density at radius 1 is 1.42 bits per heavy atom. The van der Waals surface area contributed by atoms with Crippen molar-refractivity contribution in [3.63, 3.8) is 0 Å². The number of rotatable bonds is 6. The fourth-order valence-corrected chi connectivity index (χ4v) is 3.63. The van der Waals surface area contributed by atoms with Gasteiger partial charge >= 0.3 is 0 Å². The van der Waals surface area contributed by atoms with Crippen LogP contribution in [-0.2, 0) is 23.0 Å². The van der Waals surface area contributed by atoms with E-state index in [0.29, 0.717) is 19.6 Å². The summed E-state index contributed by atoms with van der Waals surface area (Å²) in [6.07, 6.45) is 1.32. The molecular weight excluding hydrogens is 332 g/mol. The largest absolute Gasteiger partial charge is 0.493 e. The first-order chi connectivity index (χ1) is 9.02. The Labute approximate surface area is 121 Å². The van der Waals surface area contributed by atoms with Gasteiger partial charge in [0.15, 0.2) is 0 Å². The number of benzene rings is 1. The molecule has 0 bridgehead atoms. The minimum Gasteiger partial charge on any atom is -0.493 e. The van der Waals surface area contributed by atoms with Crippen molar-refractivity contribution in [2.24, 2.45) is 5.73 Å². The van der Waals surface area contributed by atoms with Gasteiger partial charge in [0.25, 0.3) is 0 Å². The highest BCUT2D eigenvalue weighted by Gasteiger charge is 2.18. The fraction of sp³-hybridized carbons (Fsp3) is 0.500. The summed E-state index contributed by atoms with van der Waals surface area (Å²) < 4.78 is 32.5. The average molecular weight is 349 g/mol. The third-order valence-electron chi connectivity index (χ3n) is 2.93. The maximum atomic E-state index is 11.7. The van der Waals surface area contributed by atoms with E-state index in [1.165, 1.54) is 0 Å². The summed E-state index contributed by atoms with van der Waals surface area (Å²) in [5.74, 6) is 0.866. The zero-order valence-electron chi connectivity index (χ0n) is 10.5. The van der Waals surface area contributed by atoms with Gasteiger partial charge in [-0.1, -0.05) is 15.9 Å². The van der Waals surface area contributed by atoms with E-state index in [2.05, 4.69) is 20.7 Å². The van der Waals surface area contributed by atoms with Crippen LogP contribution in [0.3, 0.4) is 0 Å². The summed E-state index contributed by atoms with van der Waals surface area (Å²) >= 11 is 3.43. The van der Waals surface area contributed by atoms with Crippen molar-refractivity contribution >= 4 is 26.0 Å². The molecule has 0 radical (unpaired) electrons. The summed E-state index contributed by atoms with van der Waals surface area (Å²) in [5.41, 5.74) is 7.29. The Hall–Kier alpha value is -0.630. The van der Waals surface area contributed by atoms with Crippen molar-refractivity contribution in [2.45, 2.75) is 19.4 Å². The molecule has 0 aliphatic carbocycles. The van der Waals surface area contributed by atoms with Crippen LogP contribution in [0, 0.1) is 0 Å². The van der Waals surface area contributed by atoms with Crippen molar-refractivity contribution in [2.75, 3.05) is 18.9 Å². The molecule has 0 atom stereocenters. The predicted molar refractivity (Wildman–Crippen MR) is 77.6 cm³/mol. The van der Waals surface area contributed by atoms with E-state index >= 15 is 0 Å². The molecule has 1 aliphatic rings. The highest BCUT2D eigenvalue weighted by Crippen LogP contribution is 2.32. The van der Waals surface area contributed by atoms with Gasteiger partial charge in [-0.2, -0.15) is 0 Å². The second-order valence-electron chi connectivity index (χ2n) is 4.43. The summed E-state index contributed by atoms with van der Waals surface area (Å²) in [7, 11) is -3.27. The van der Waals surface area contributed by atoms with Crippen molar-refractivity contribution < 1.29 is 13.2 Å². The summed E-state index contributed by atoms with van der Waals surface area (Å²) in [5, 5.41) is 0. The van der Waals surface area contributed by atoms with Crippen LogP contribution in [-0.4, -0.2) is 27.3 Å². The smallest absolute Gasteiger partial charge is 0.211 e. The first-order valence-corrected chi connectivity index (χ1v) is 8.58. The number of halogens is 1. The Bertz CT molecular complexity index is 560. The van der Waals surface area contributed by atoms with Gasteiger partial charge in [-0.05, 0) is 30.7 Å². The van der Waals surface area contributed by atoms with Gasteiger partial charge in [-0.3, -0.25) is 0 Å². The molecule has 1 aliphatic heterocycles. The molecule has 106 valence electrons. The zero-order chi connectivity index (χ0) is 13.9. The molecular formula is C12H17BrN2O3S. The lowest BCUT2D eigenvalue weighted by atomic mass is 10.1. The molecule has 0 spiro atoms. The van der Waals surface area contributed by atoms with Crippen molar-refractivity contribution in [1.82, 2.24) is 4.72 Å². The molecule has 0 fully saturated rings. The van der Waals surface area contributed by atoms with Gasteiger partial charge in [0.2, 0.25) is 10.0 Å². The minimum atomic E-state index is -3.27. The number of hydrogen-bond acceptors (Lipinski definition) is 4. The predicted octanol–water partition coefficient (Wildman–Crippen LogP) is 1.15. The Kier molecular flexibility index (Phi) is 4.83. The van der Waals surface area contributed by atoms with E-state index in [0.717, 1.165) is 27.8 Å². The van der Waals surface area contributed by atoms with Crippen LogP contribution < -0.4 is 15.2 Å². The Morgan fingerprint density at radius 3 is 2.95 bits per heavy atom. The van der Waals surface area contributed by atoms with E-state index in [9.17, 15) is 8.42 Å². The molecule has 19 heavy (non-hydrogen) atoms. The van der Waals surface area contributed by atoms with Gasteiger partial charge in [0.1, 0.15) is 5.75 Å². The Balaban J connectivity index is 2.08. The van der Waals surface area contributed by atoms with Crippen LogP contribution in [0.15, 0.2) is 16.6 Å². The van der Waals surface area contributed by atoms with Crippen molar-refractivity contribution in [1.29, 1.82) is 0 Å². The maximum absolute atomic E-state index is 11.7. The number of hydrogen-bond donors (Lipinski definition) is 2. The third-order valence-corrected chi connectivity index (χ3v) is 4.79. The summed E-state index contributed by atoms with van der Waals surface area (Å²) in [6, 6.07) is 3.89. The highest BCUT2D eigenvalue weighted by molar-refractivity contribution is 9.10. The van der Waals surface area contributed by atoms with Gasteiger partial charge in [-0.15, -0.1) is 0 Å². The normalized spacial score (nSPS) is 14.2. The van der Waals surface area contributed by atoms with Crippen LogP contribution in [0.1, 0.15) is 17.5 Å². The van der Waals surface area contributed by atoms with Gasteiger partial charge < -0.3 is 10.5 Å². The summed E-state index contributed by atoms with van der Waals surface area (Å²) in [6.45, 7) is 1.27. The number of nitrogens with one attached hydrogen (secondary N) is 1. The summed E-state index contributed by atoms with van der Waals surface area (Å²) in [4.78, 5) is 0. The molecule has 0 unspecified atom stereocenters. The minimum absolute atomic E-state index is 0.0561. The van der Waals surface area contributed by atoms with Crippen LogP contribution in [0.4, 0.5) is 0 Å². The Morgan fingerprint density at radius 2 is 2.21 bits per heavy atom. The molecule has 1 heterocycles. The maximum Gasteiger partial charge on any atom is 0.211 e. The lowest BCUT2D eigenvalue weighted by Gasteiger charge is -2.10. The topological polar surface area (TPSA) is 81.4 Å².